The fraction of sp³-hybridized carbons (Fsp3) is 0.889. The fourth-order valence-corrected chi connectivity index (χ4v) is 1.60. The van der Waals surface area contributed by atoms with Crippen LogP contribution in [-0.2, 0) is 15.9 Å². The van der Waals surface area contributed by atoms with E-state index in [0.717, 1.165) is 0 Å². The number of rotatable bonds is 6. The zero-order chi connectivity index (χ0) is 12.1. The molecule has 0 aromatic carbocycles. The average molecular weight is 237 g/mol. The van der Waals surface area contributed by atoms with Gasteiger partial charge in [0, 0.05) is 0 Å². The van der Waals surface area contributed by atoms with Crippen molar-refractivity contribution in [3.05, 3.63) is 0 Å². The van der Waals surface area contributed by atoms with Crippen molar-refractivity contribution in [2.24, 2.45) is 5.41 Å². The average Bonchev–Trinajstić information content (AvgIpc) is 1.99. The highest BCUT2D eigenvalue weighted by Crippen LogP contribution is 2.19. The second-order valence-corrected chi connectivity index (χ2v) is 5.52. The van der Waals surface area contributed by atoms with Crippen molar-refractivity contribution in [2.45, 2.75) is 33.2 Å². The molecule has 0 aliphatic heterocycles. The van der Waals surface area contributed by atoms with Crippen LogP contribution in [0.3, 0.4) is 0 Å². The molecule has 0 rings (SSSR count). The van der Waals surface area contributed by atoms with E-state index in [1.165, 1.54) is 0 Å². The first-order valence-electron chi connectivity index (χ1n) is 4.79. The predicted molar refractivity (Wildman–Crippen MR) is 59.1 cm³/mol. The molecule has 2 atom stereocenters. The van der Waals surface area contributed by atoms with Gasteiger partial charge < -0.3 is 15.0 Å². The summed E-state index contributed by atoms with van der Waals surface area (Å²) in [6.45, 7) is 5.94. The molecular weight excluding hydrogens is 218 g/mol. The van der Waals surface area contributed by atoms with Gasteiger partial charge in [-0.1, -0.05) is 20.8 Å². The van der Waals surface area contributed by atoms with Gasteiger partial charge in [0.15, 0.2) is 11.1 Å². The minimum Gasteiger partial charge on any atom is -0.480 e. The SMILES string of the molecule is CC(C)(C)C(NCCCS(=O)O)C(=O)O. The van der Waals surface area contributed by atoms with E-state index in [-0.39, 0.29) is 11.2 Å². The Morgan fingerprint density at radius 2 is 2.00 bits per heavy atom. The molecule has 0 saturated heterocycles. The first-order chi connectivity index (χ1) is 6.75. The number of hydrogen-bond acceptors (Lipinski definition) is 3. The minimum absolute atomic E-state index is 0.170. The molecule has 15 heavy (non-hydrogen) atoms. The van der Waals surface area contributed by atoms with E-state index in [0.29, 0.717) is 13.0 Å². The first-order valence-corrected chi connectivity index (χ1v) is 6.06. The summed E-state index contributed by atoms with van der Waals surface area (Å²) in [5.74, 6) is -0.726. The summed E-state index contributed by atoms with van der Waals surface area (Å²) in [4.78, 5) is 10.9. The number of carbonyl (C=O) groups is 1. The van der Waals surface area contributed by atoms with Gasteiger partial charge in [-0.15, -0.1) is 0 Å². The molecule has 3 N–H and O–H groups in total. The second-order valence-electron chi connectivity index (χ2n) is 4.47. The quantitative estimate of drug-likeness (QED) is 0.467. The maximum atomic E-state index is 10.9. The molecule has 0 aliphatic rings. The molecule has 2 unspecified atom stereocenters. The summed E-state index contributed by atoms with van der Waals surface area (Å²) >= 11 is -1.80. The molecule has 6 heteroatoms. The third-order valence-electron chi connectivity index (χ3n) is 1.96. The summed E-state index contributed by atoms with van der Waals surface area (Å²) < 4.78 is 18.9. The third kappa shape index (κ3) is 6.59. The van der Waals surface area contributed by atoms with Crippen LogP contribution in [0.4, 0.5) is 0 Å². The van der Waals surface area contributed by atoms with Gasteiger partial charge in [-0.05, 0) is 18.4 Å². The first kappa shape index (κ1) is 14.5. The van der Waals surface area contributed by atoms with E-state index in [2.05, 4.69) is 5.32 Å². The van der Waals surface area contributed by atoms with E-state index in [4.69, 9.17) is 9.66 Å². The van der Waals surface area contributed by atoms with Crippen LogP contribution in [0.25, 0.3) is 0 Å². The lowest BCUT2D eigenvalue weighted by molar-refractivity contribution is -0.142. The Morgan fingerprint density at radius 1 is 1.47 bits per heavy atom. The molecule has 0 spiro atoms. The van der Waals surface area contributed by atoms with Crippen LogP contribution < -0.4 is 5.32 Å². The van der Waals surface area contributed by atoms with Gasteiger partial charge in [0.25, 0.3) is 0 Å². The monoisotopic (exact) mass is 237 g/mol. The third-order valence-corrected chi connectivity index (χ3v) is 2.60. The lowest BCUT2D eigenvalue weighted by Gasteiger charge is -2.27. The van der Waals surface area contributed by atoms with Crippen LogP contribution >= 0.6 is 0 Å². The number of hydrogen-bond donors (Lipinski definition) is 3. The molecular formula is C9H19NO4S. The highest BCUT2D eigenvalue weighted by atomic mass is 32.2. The Morgan fingerprint density at radius 3 is 2.33 bits per heavy atom. The van der Waals surface area contributed by atoms with Gasteiger partial charge in [-0.25, -0.2) is 4.21 Å². The summed E-state index contributed by atoms with van der Waals surface area (Å²) in [5.41, 5.74) is -0.371. The zero-order valence-corrected chi connectivity index (χ0v) is 10.1. The number of carboxylic acid groups (broad SMARTS) is 1. The molecule has 5 nitrogen and oxygen atoms in total. The largest absolute Gasteiger partial charge is 0.480 e. The maximum absolute atomic E-state index is 10.9. The molecule has 0 heterocycles. The van der Waals surface area contributed by atoms with E-state index >= 15 is 0 Å². The summed E-state index contributed by atoms with van der Waals surface area (Å²) in [6.07, 6.45) is 0.489. The maximum Gasteiger partial charge on any atom is 0.321 e. The van der Waals surface area contributed by atoms with Crippen molar-refractivity contribution in [3.8, 4) is 0 Å². The van der Waals surface area contributed by atoms with Crippen molar-refractivity contribution in [1.82, 2.24) is 5.32 Å². The molecule has 0 aromatic heterocycles. The van der Waals surface area contributed by atoms with Gasteiger partial charge >= 0.3 is 5.97 Å². The van der Waals surface area contributed by atoms with E-state index in [9.17, 15) is 9.00 Å². The van der Waals surface area contributed by atoms with Crippen molar-refractivity contribution in [3.63, 3.8) is 0 Å². The molecule has 0 saturated carbocycles. The molecule has 0 aromatic rings. The highest BCUT2D eigenvalue weighted by molar-refractivity contribution is 7.79. The topological polar surface area (TPSA) is 86.6 Å². The van der Waals surface area contributed by atoms with Gasteiger partial charge in [0.1, 0.15) is 6.04 Å². The van der Waals surface area contributed by atoms with Crippen LogP contribution in [0, 0.1) is 5.41 Å². The lowest BCUT2D eigenvalue weighted by atomic mass is 9.87. The summed E-state index contributed by atoms with van der Waals surface area (Å²) in [7, 11) is 0. The standard InChI is InChI=1S/C9H19NO4S/c1-9(2,3)7(8(11)12)10-5-4-6-15(13)14/h7,10H,4-6H2,1-3H3,(H,11,12)(H,13,14). The van der Waals surface area contributed by atoms with Crippen LogP contribution in [0.1, 0.15) is 27.2 Å². The van der Waals surface area contributed by atoms with Crippen LogP contribution in [-0.4, -0.2) is 38.2 Å². The lowest BCUT2D eigenvalue weighted by Crippen LogP contribution is -2.46. The van der Waals surface area contributed by atoms with Crippen molar-refractivity contribution >= 4 is 17.0 Å². The Labute approximate surface area is 92.5 Å². The van der Waals surface area contributed by atoms with Crippen molar-refractivity contribution < 1.29 is 18.7 Å². The Hall–Kier alpha value is -0.460. The zero-order valence-electron chi connectivity index (χ0n) is 9.32. The second kappa shape index (κ2) is 6.19. The fourth-order valence-electron chi connectivity index (χ4n) is 1.21. The molecule has 0 fully saturated rings. The molecule has 0 radical (unpaired) electrons. The summed E-state index contributed by atoms with van der Waals surface area (Å²) in [5, 5.41) is 11.8. The van der Waals surface area contributed by atoms with Crippen molar-refractivity contribution in [1.29, 1.82) is 0 Å². The van der Waals surface area contributed by atoms with Crippen LogP contribution in [0.5, 0.6) is 0 Å². The number of carboxylic acids is 1. The van der Waals surface area contributed by atoms with Crippen molar-refractivity contribution in [2.75, 3.05) is 12.3 Å². The van der Waals surface area contributed by atoms with E-state index in [1.807, 2.05) is 20.8 Å². The number of aliphatic carboxylic acids is 1. The van der Waals surface area contributed by atoms with Gasteiger partial charge in [0.2, 0.25) is 0 Å². The van der Waals surface area contributed by atoms with Gasteiger partial charge in [0.05, 0.1) is 5.75 Å². The van der Waals surface area contributed by atoms with E-state index < -0.39 is 23.1 Å². The predicted octanol–water partition coefficient (Wildman–Crippen LogP) is 0.687. The van der Waals surface area contributed by atoms with E-state index in [1.54, 1.807) is 0 Å². The molecule has 0 bridgehead atoms. The molecule has 0 amide bonds. The normalized spacial score (nSPS) is 16.0. The van der Waals surface area contributed by atoms with Gasteiger partial charge in [-0.3, -0.25) is 4.79 Å². The molecule has 90 valence electrons. The van der Waals surface area contributed by atoms with Crippen LogP contribution in [0.15, 0.2) is 0 Å². The number of nitrogens with one attached hydrogen (secondary N) is 1. The highest BCUT2D eigenvalue weighted by Gasteiger charge is 2.30. The summed E-state index contributed by atoms with van der Waals surface area (Å²) in [6, 6.07) is -0.635. The van der Waals surface area contributed by atoms with Crippen LogP contribution in [0.2, 0.25) is 0 Å². The minimum atomic E-state index is -1.80. The Kier molecular flexibility index (Phi) is 6.00. The Balaban J connectivity index is 3.99. The van der Waals surface area contributed by atoms with Gasteiger partial charge in [-0.2, -0.15) is 0 Å². The smallest absolute Gasteiger partial charge is 0.321 e. The molecule has 0 aliphatic carbocycles. The Bertz CT molecular complexity index is 237.